The smallest absolute Gasteiger partial charge is 0.217 e. The van der Waals surface area contributed by atoms with Gasteiger partial charge in [-0.15, -0.1) is 0 Å². The average molecular weight is 510 g/mol. The van der Waals surface area contributed by atoms with Gasteiger partial charge in [-0.1, -0.05) is 32.0 Å². The van der Waals surface area contributed by atoms with Gasteiger partial charge in [-0.05, 0) is 53.1 Å². The lowest BCUT2D eigenvalue weighted by atomic mass is 9.97. The van der Waals surface area contributed by atoms with E-state index in [-0.39, 0.29) is 18.9 Å². The van der Waals surface area contributed by atoms with Crippen LogP contribution < -0.4 is 15.4 Å². The van der Waals surface area contributed by atoms with Crippen molar-refractivity contribution in [3.05, 3.63) is 70.3 Å². The van der Waals surface area contributed by atoms with Crippen LogP contribution in [0.1, 0.15) is 55.0 Å². The van der Waals surface area contributed by atoms with Crippen LogP contribution in [0.15, 0.2) is 36.4 Å². The SMILES string of the molecule is CC(=O)NC(Cc1cc(F)cc(F)c1)C(O)CNC1c2cc(C(C)C)ccc2CC1NS(C)(=O)=O. The first-order valence-electron chi connectivity index (χ1n) is 11.6. The van der Waals surface area contributed by atoms with Gasteiger partial charge in [-0.3, -0.25) is 4.79 Å². The summed E-state index contributed by atoms with van der Waals surface area (Å²) >= 11 is 0. The molecule has 4 N–H and O–H groups in total. The number of benzene rings is 2. The molecule has 2 aromatic rings. The number of halogens is 2. The minimum absolute atomic E-state index is 0.0146. The van der Waals surface area contributed by atoms with Crippen molar-refractivity contribution in [3.8, 4) is 0 Å². The quantitative estimate of drug-likeness (QED) is 0.393. The summed E-state index contributed by atoms with van der Waals surface area (Å²) in [6, 6.07) is 7.48. The highest BCUT2D eigenvalue weighted by Crippen LogP contribution is 2.34. The summed E-state index contributed by atoms with van der Waals surface area (Å²) in [5.41, 5.74) is 3.37. The van der Waals surface area contributed by atoms with E-state index in [0.717, 1.165) is 41.1 Å². The van der Waals surface area contributed by atoms with Crippen LogP contribution >= 0.6 is 0 Å². The molecule has 4 unspecified atom stereocenters. The molecule has 0 aliphatic heterocycles. The number of amides is 1. The maximum absolute atomic E-state index is 13.6. The highest BCUT2D eigenvalue weighted by Gasteiger charge is 2.35. The summed E-state index contributed by atoms with van der Waals surface area (Å²) in [5, 5.41) is 16.8. The predicted molar refractivity (Wildman–Crippen MR) is 130 cm³/mol. The Balaban J connectivity index is 1.81. The van der Waals surface area contributed by atoms with Gasteiger partial charge in [0.2, 0.25) is 15.9 Å². The van der Waals surface area contributed by atoms with E-state index < -0.39 is 51.8 Å². The minimum Gasteiger partial charge on any atom is -0.390 e. The normalized spacial score (nSPS) is 19.4. The van der Waals surface area contributed by atoms with Gasteiger partial charge in [0.1, 0.15) is 11.6 Å². The van der Waals surface area contributed by atoms with Crippen LogP contribution in [0.5, 0.6) is 0 Å². The van der Waals surface area contributed by atoms with Gasteiger partial charge in [0.25, 0.3) is 0 Å². The third kappa shape index (κ3) is 7.54. The summed E-state index contributed by atoms with van der Waals surface area (Å²) in [6.07, 6.45) is 0.501. The zero-order valence-electron chi connectivity index (χ0n) is 20.3. The van der Waals surface area contributed by atoms with E-state index in [1.807, 2.05) is 12.1 Å². The molecule has 0 fully saturated rings. The van der Waals surface area contributed by atoms with Crippen LogP contribution in [0.25, 0.3) is 0 Å². The number of fused-ring (bicyclic) bond motifs is 1. The first-order valence-corrected chi connectivity index (χ1v) is 13.4. The lowest BCUT2D eigenvalue weighted by Gasteiger charge is -2.28. The summed E-state index contributed by atoms with van der Waals surface area (Å²) in [7, 11) is -3.48. The molecule has 35 heavy (non-hydrogen) atoms. The molecule has 10 heteroatoms. The Bertz CT molecular complexity index is 1150. The van der Waals surface area contributed by atoms with Gasteiger partial charge in [0.05, 0.1) is 18.4 Å². The van der Waals surface area contributed by atoms with Gasteiger partial charge < -0.3 is 15.7 Å². The number of hydrogen-bond acceptors (Lipinski definition) is 5. The van der Waals surface area contributed by atoms with E-state index in [2.05, 4.69) is 35.3 Å². The Morgan fingerprint density at radius 3 is 2.37 bits per heavy atom. The van der Waals surface area contributed by atoms with Crippen molar-refractivity contribution in [2.24, 2.45) is 0 Å². The molecular formula is C25H33F2N3O4S. The van der Waals surface area contributed by atoms with Crippen LogP contribution in [-0.4, -0.2) is 50.4 Å². The van der Waals surface area contributed by atoms with Crippen LogP contribution in [0.2, 0.25) is 0 Å². The van der Waals surface area contributed by atoms with Gasteiger partial charge in [-0.2, -0.15) is 0 Å². The van der Waals surface area contributed by atoms with E-state index in [0.29, 0.717) is 12.0 Å². The maximum Gasteiger partial charge on any atom is 0.217 e. The van der Waals surface area contributed by atoms with Crippen molar-refractivity contribution in [2.45, 2.75) is 63.8 Å². The lowest BCUT2D eigenvalue weighted by Crippen LogP contribution is -2.50. The third-order valence-electron chi connectivity index (χ3n) is 6.16. The topological polar surface area (TPSA) is 108 Å². The lowest BCUT2D eigenvalue weighted by molar-refractivity contribution is -0.120. The first-order chi connectivity index (χ1) is 16.3. The van der Waals surface area contributed by atoms with Crippen molar-refractivity contribution in [1.29, 1.82) is 0 Å². The number of aliphatic hydroxyl groups is 1. The van der Waals surface area contributed by atoms with E-state index in [1.54, 1.807) is 0 Å². The Kier molecular flexibility index (Phi) is 8.63. The molecule has 0 radical (unpaired) electrons. The van der Waals surface area contributed by atoms with Crippen LogP contribution in [0.3, 0.4) is 0 Å². The second kappa shape index (κ2) is 11.1. The van der Waals surface area contributed by atoms with Gasteiger partial charge in [-0.25, -0.2) is 21.9 Å². The molecule has 3 rings (SSSR count). The van der Waals surface area contributed by atoms with E-state index in [4.69, 9.17) is 0 Å². The molecule has 4 atom stereocenters. The van der Waals surface area contributed by atoms with E-state index >= 15 is 0 Å². The molecule has 0 saturated heterocycles. The Hall–Kier alpha value is -2.40. The van der Waals surface area contributed by atoms with Crippen LogP contribution in [0, 0.1) is 11.6 Å². The fraction of sp³-hybridized carbons (Fsp3) is 0.480. The first kappa shape index (κ1) is 27.2. The summed E-state index contributed by atoms with van der Waals surface area (Å²) in [4.78, 5) is 11.7. The Labute approximate surface area is 205 Å². The van der Waals surface area contributed by atoms with Crippen molar-refractivity contribution < 1.29 is 27.1 Å². The van der Waals surface area contributed by atoms with E-state index in [9.17, 15) is 27.1 Å². The zero-order chi connectivity index (χ0) is 25.9. The number of carbonyl (C=O) groups is 1. The minimum atomic E-state index is -3.48. The number of sulfonamides is 1. The largest absolute Gasteiger partial charge is 0.390 e. The number of hydrogen-bond donors (Lipinski definition) is 4. The molecule has 1 aliphatic rings. The Morgan fingerprint density at radius 2 is 1.80 bits per heavy atom. The zero-order valence-corrected chi connectivity index (χ0v) is 21.1. The van der Waals surface area contributed by atoms with Crippen molar-refractivity contribution >= 4 is 15.9 Å². The second-order valence-electron chi connectivity index (χ2n) is 9.56. The molecule has 1 amide bonds. The fourth-order valence-electron chi connectivity index (χ4n) is 4.57. The molecule has 1 aliphatic carbocycles. The molecule has 0 saturated carbocycles. The molecule has 0 spiro atoms. The van der Waals surface area contributed by atoms with E-state index in [1.165, 1.54) is 6.92 Å². The predicted octanol–water partition coefficient (Wildman–Crippen LogP) is 2.30. The highest BCUT2D eigenvalue weighted by atomic mass is 32.2. The highest BCUT2D eigenvalue weighted by molar-refractivity contribution is 7.88. The number of aliphatic hydroxyl groups excluding tert-OH is 1. The van der Waals surface area contributed by atoms with Crippen molar-refractivity contribution in [3.63, 3.8) is 0 Å². The molecule has 7 nitrogen and oxygen atoms in total. The molecular weight excluding hydrogens is 476 g/mol. The van der Waals surface area contributed by atoms with Gasteiger partial charge >= 0.3 is 0 Å². The number of carbonyl (C=O) groups excluding carboxylic acids is 1. The summed E-state index contributed by atoms with van der Waals surface area (Å²) < 4.78 is 53.9. The molecule has 0 bridgehead atoms. The van der Waals surface area contributed by atoms with Crippen molar-refractivity contribution in [2.75, 3.05) is 12.8 Å². The second-order valence-corrected chi connectivity index (χ2v) is 11.3. The standard InChI is InChI=1S/C25H33F2N3O4S/c1-14(2)17-5-6-18-11-23(30-35(4,33)34)25(21(18)10-17)28-13-24(32)22(29-15(3)31)9-16-7-19(26)12-20(27)8-16/h5-8,10,12,14,22-25,28,30,32H,9,11,13H2,1-4H3,(H,29,31). The monoisotopic (exact) mass is 509 g/mol. The molecule has 0 aromatic heterocycles. The van der Waals surface area contributed by atoms with Gasteiger partial charge in [0, 0.05) is 31.6 Å². The summed E-state index contributed by atoms with van der Waals surface area (Å²) in [5.74, 6) is -1.60. The van der Waals surface area contributed by atoms with Crippen LogP contribution in [0.4, 0.5) is 8.78 Å². The molecule has 192 valence electrons. The summed E-state index contributed by atoms with van der Waals surface area (Å²) in [6.45, 7) is 5.46. The number of nitrogens with one attached hydrogen (secondary N) is 3. The number of rotatable bonds is 10. The van der Waals surface area contributed by atoms with Crippen molar-refractivity contribution in [1.82, 2.24) is 15.4 Å². The fourth-order valence-corrected chi connectivity index (χ4v) is 5.34. The molecule has 0 heterocycles. The molecule has 2 aromatic carbocycles. The third-order valence-corrected chi connectivity index (χ3v) is 6.89. The maximum atomic E-state index is 13.6. The average Bonchev–Trinajstić information content (AvgIpc) is 3.04. The van der Waals surface area contributed by atoms with Crippen LogP contribution in [-0.2, 0) is 27.7 Å². The Morgan fingerprint density at radius 1 is 1.14 bits per heavy atom. The van der Waals surface area contributed by atoms with Gasteiger partial charge in [0.15, 0.2) is 0 Å².